The second kappa shape index (κ2) is 31.7. The lowest BCUT2D eigenvalue weighted by atomic mass is 9.99. The summed E-state index contributed by atoms with van der Waals surface area (Å²) in [5.74, 6) is 1.96. The summed E-state index contributed by atoms with van der Waals surface area (Å²) in [6, 6.07) is 161. The van der Waals surface area contributed by atoms with Crippen molar-refractivity contribution >= 4 is 206 Å². The summed E-state index contributed by atoms with van der Waals surface area (Å²) in [5, 5.41) is 24.3. The molecule has 0 amide bonds. The number of benzene rings is 21. The molecular weight excluding hydrogens is 1700 g/mol. The van der Waals surface area contributed by atoms with Gasteiger partial charge in [0.2, 0.25) is 17.8 Å². The molecule has 0 saturated heterocycles. The highest BCUT2D eigenvalue weighted by atomic mass is 32.1. The Bertz CT molecular complexity index is 9890. The lowest BCUT2D eigenvalue weighted by molar-refractivity contribution is 0.668. The summed E-state index contributed by atoms with van der Waals surface area (Å²) in [4.78, 5) is 32.1. The van der Waals surface area contributed by atoms with Gasteiger partial charge in [-0.2, -0.15) is 0 Å². The van der Waals surface area contributed by atoms with Gasteiger partial charge >= 0.3 is 0 Å². The molecule has 12 heteroatoms. The van der Waals surface area contributed by atoms with Crippen molar-refractivity contribution in [2.24, 2.45) is 0 Å². The summed E-state index contributed by atoms with van der Waals surface area (Å²) in [7, 11) is 0. The van der Waals surface area contributed by atoms with E-state index in [1.165, 1.54) is 90.4 Å². The number of fused-ring (bicyclic) bond motifs is 24. The van der Waals surface area contributed by atoms with Gasteiger partial charge in [0.25, 0.3) is 0 Å². The van der Waals surface area contributed by atoms with Crippen LogP contribution in [-0.2, 0) is 0 Å². The van der Waals surface area contributed by atoms with Gasteiger partial charge in [0.15, 0.2) is 0 Å². The number of furan rings is 2. The molecule has 21 aromatic carbocycles. The van der Waals surface area contributed by atoms with Crippen molar-refractivity contribution in [1.29, 1.82) is 0 Å². The summed E-state index contributed by atoms with van der Waals surface area (Å²) in [5.41, 5.74) is 25.3. The van der Waals surface area contributed by atoms with Crippen LogP contribution in [0.25, 0.3) is 279 Å². The van der Waals surface area contributed by atoms with Crippen molar-refractivity contribution in [2.45, 2.75) is 0 Å². The van der Waals surface area contributed by atoms with E-state index in [4.69, 9.17) is 38.7 Å². The molecule has 30 rings (SSSR count). The Morgan fingerprint density at radius 1 is 0.159 bits per heavy atom. The summed E-state index contributed by atoms with van der Waals surface area (Å²) < 4.78 is 21.8. The second-order valence-corrected chi connectivity index (χ2v) is 36.6. The fourth-order valence-electron chi connectivity index (χ4n) is 21.0. The molecule has 0 atom stereocenters. The number of aromatic nitrogens is 9. The Morgan fingerprint density at radius 3 is 0.971 bits per heavy atom. The highest BCUT2D eigenvalue weighted by Gasteiger charge is 2.26. The van der Waals surface area contributed by atoms with E-state index in [9.17, 15) is 0 Å². The minimum absolute atomic E-state index is 0.638. The van der Waals surface area contributed by atoms with Crippen molar-refractivity contribution in [3.8, 4) is 85.0 Å². The largest absolute Gasteiger partial charge is 0.456 e. The van der Waals surface area contributed by atoms with Crippen LogP contribution in [0.4, 0.5) is 0 Å². The number of thiophene rings is 1. The maximum atomic E-state index is 6.31. The van der Waals surface area contributed by atoms with Crippen LogP contribution in [0.3, 0.4) is 0 Å². The third-order valence-electron chi connectivity index (χ3n) is 27.5. The smallest absolute Gasteiger partial charge is 0.235 e. The third kappa shape index (κ3) is 13.0. The van der Waals surface area contributed by atoms with Crippen LogP contribution in [0.1, 0.15) is 0 Å². The molecule has 0 N–H and O–H groups in total. The van der Waals surface area contributed by atoms with Gasteiger partial charge < -0.3 is 8.83 Å². The number of nitrogens with zero attached hydrogens (tertiary/aromatic N) is 9. The molecule has 9 aromatic heterocycles. The molecule has 0 bridgehead atoms. The minimum atomic E-state index is 0.638. The zero-order valence-corrected chi connectivity index (χ0v) is 74.9. The molecule has 0 aliphatic heterocycles. The first kappa shape index (κ1) is 78.3. The fourth-order valence-corrected chi connectivity index (χ4v) is 22.1. The monoisotopic (exact) mass is 1780 g/mol. The van der Waals surface area contributed by atoms with Crippen molar-refractivity contribution in [1.82, 2.24) is 43.6 Å². The van der Waals surface area contributed by atoms with E-state index in [1.54, 1.807) is 0 Å². The highest BCUT2D eigenvalue weighted by Crippen LogP contribution is 2.46. The van der Waals surface area contributed by atoms with E-state index >= 15 is 0 Å². The molecule has 30 aromatic rings. The molecule has 9 heterocycles. The molecule has 0 fully saturated rings. The molecule has 642 valence electrons. The molecule has 138 heavy (non-hydrogen) atoms. The highest BCUT2D eigenvalue weighted by molar-refractivity contribution is 7.25. The zero-order valence-electron chi connectivity index (χ0n) is 74.1. The molecular formula is C126H75N9O2S. The number of hydrogen-bond donors (Lipinski definition) is 0. The minimum Gasteiger partial charge on any atom is -0.456 e. The predicted molar refractivity (Wildman–Crippen MR) is 574 cm³/mol. The van der Waals surface area contributed by atoms with E-state index in [0.29, 0.717) is 17.8 Å². The Kier molecular flexibility index (Phi) is 18.0. The second-order valence-electron chi connectivity index (χ2n) is 35.5. The number of hydrogen-bond acceptors (Lipinski definition) is 9. The van der Waals surface area contributed by atoms with Crippen molar-refractivity contribution < 1.29 is 8.83 Å². The first-order chi connectivity index (χ1) is 68.3. The van der Waals surface area contributed by atoms with Gasteiger partial charge in [-0.05, 0) is 217 Å². The van der Waals surface area contributed by atoms with Gasteiger partial charge in [-0.3, -0.25) is 13.7 Å². The molecule has 0 aliphatic rings. The average Bonchev–Trinajstić information content (AvgIpc) is 1.57. The van der Waals surface area contributed by atoms with E-state index in [0.717, 1.165) is 171 Å². The van der Waals surface area contributed by atoms with Crippen molar-refractivity contribution in [3.05, 3.63) is 455 Å². The van der Waals surface area contributed by atoms with Crippen LogP contribution in [0.5, 0.6) is 0 Å². The predicted octanol–water partition coefficient (Wildman–Crippen LogP) is 33.8. The molecule has 0 radical (unpaired) electrons. The van der Waals surface area contributed by atoms with Crippen LogP contribution in [0, 0.1) is 0 Å². The SMILES string of the molecule is c1ccc(-c2ccc3c(-c4ccc5c(c4)oc4ccccc45)nc(-n4c5ccccc5c5cc6ccccc6cc54)nc3c2)cc1.c1ccc(-c2ccc3nc(-n4c5ccccc5c5cc6ccccc6cc54)nc(-c4ccc5oc6ccccc6c5c4)c3c2)cc1.c1ccc(-c2ccc3nc(-n4c5ccccc5c5cc6ccccc6cc54)nc(-c4ccc5sc6ccccc6c5c4)c3c2)cc1. The number of rotatable bonds is 9. The third-order valence-corrected chi connectivity index (χ3v) is 28.7. The van der Waals surface area contributed by atoms with Gasteiger partial charge in [-0.1, -0.05) is 303 Å². The van der Waals surface area contributed by atoms with Crippen LogP contribution in [-0.4, -0.2) is 43.6 Å². The Morgan fingerprint density at radius 2 is 0.478 bits per heavy atom. The average molecular weight is 1780 g/mol. The standard InChI is InChI=1S/2C42H25N3O.C42H25N3S/c1-2-10-26(11-3-1)29-18-21-34-36(23-29)43-42(44-41(34)30-19-20-33-32-15-7-9-17-39(32)46-40(33)25-30)45-37-16-8-6-14-31(37)35-22-27-12-4-5-13-28(27)24-38(35)45;2*1-2-10-26(11-3-1)29-18-20-36-35(23-29)41(30-19-21-40-34(24-30)32-15-7-9-17-39(32)46-40)44-42(43-36)45-37-16-8-6-14-31(37)33-22-27-12-4-5-13-28(27)25-38(33)45/h3*1-25H. The lowest BCUT2D eigenvalue weighted by Crippen LogP contribution is -2.03. The first-order valence-electron chi connectivity index (χ1n) is 46.5. The zero-order chi connectivity index (χ0) is 90.6. The van der Waals surface area contributed by atoms with Crippen LogP contribution >= 0.6 is 11.3 Å². The summed E-state index contributed by atoms with van der Waals surface area (Å²) in [6.07, 6.45) is 0. The molecule has 11 nitrogen and oxygen atoms in total. The van der Waals surface area contributed by atoms with E-state index in [1.807, 2.05) is 47.7 Å². The van der Waals surface area contributed by atoms with E-state index in [-0.39, 0.29) is 0 Å². The summed E-state index contributed by atoms with van der Waals surface area (Å²) >= 11 is 1.84. The summed E-state index contributed by atoms with van der Waals surface area (Å²) in [6.45, 7) is 0. The normalized spacial score (nSPS) is 11.9. The van der Waals surface area contributed by atoms with E-state index in [2.05, 4.69) is 432 Å². The Labute approximate surface area is 792 Å². The maximum Gasteiger partial charge on any atom is 0.235 e. The van der Waals surface area contributed by atoms with Crippen LogP contribution in [0.2, 0.25) is 0 Å². The number of para-hydroxylation sites is 5. The Hall–Kier alpha value is -18.4. The van der Waals surface area contributed by atoms with Gasteiger partial charge in [-0.15, -0.1) is 11.3 Å². The van der Waals surface area contributed by atoms with Crippen molar-refractivity contribution in [2.75, 3.05) is 0 Å². The van der Waals surface area contributed by atoms with Gasteiger partial charge in [0.1, 0.15) is 22.3 Å². The van der Waals surface area contributed by atoms with Crippen molar-refractivity contribution in [3.63, 3.8) is 0 Å². The molecule has 0 saturated carbocycles. The lowest BCUT2D eigenvalue weighted by Gasteiger charge is -2.13. The molecule has 0 spiro atoms. The first-order valence-corrected chi connectivity index (χ1v) is 47.3. The van der Waals surface area contributed by atoms with Crippen LogP contribution < -0.4 is 0 Å². The molecule has 0 aliphatic carbocycles. The maximum absolute atomic E-state index is 6.31. The van der Waals surface area contributed by atoms with Gasteiger partial charge in [0, 0.05) is 107 Å². The topological polar surface area (TPSA) is 118 Å². The molecule has 0 unspecified atom stereocenters. The van der Waals surface area contributed by atoms with Gasteiger partial charge in [0.05, 0.1) is 66.7 Å². The van der Waals surface area contributed by atoms with Crippen LogP contribution in [0.15, 0.2) is 464 Å². The fraction of sp³-hybridized carbons (Fsp3) is 0. The van der Waals surface area contributed by atoms with E-state index < -0.39 is 0 Å². The quantitative estimate of drug-likeness (QED) is 0.140. The van der Waals surface area contributed by atoms with Gasteiger partial charge in [-0.25, -0.2) is 29.9 Å². The Balaban J connectivity index is 0.000000102.